The number of carboxylic acid groups (broad SMARTS) is 1. The van der Waals surface area contributed by atoms with Gasteiger partial charge in [0, 0.05) is 31.7 Å². The number of rotatable bonds is 3. The van der Waals surface area contributed by atoms with E-state index in [2.05, 4.69) is 9.88 Å². The molecule has 0 saturated carbocycles. The average Bonchev–Trinajstić information content (AvgIpc) is 3.05. The molecule has 7 heteroatoms. The fraction of sp³-hybridized carbons (Fsp3) is 0.562. The summed E-state index contributed by atoms with van der Waals surface area (Å²) in [4.78, 5) is 31.9. The van der Waals surface area contributed by atoms with E-state index in [9.17, 15) is 14.7 Å². The molecule has 1 N–H and O–H groups in total. The third kappa shape index (κ3) is 3.42. The summed E-state index contributed by atoms with van der Waals surface area (Å²) in [5.41, 5.74) is 0. The molecule has 0 bridgehead atoms. The van der Waals surface area contributed by atoms with Gasteiger partial charge in [-0.15, -0.1) is 0 Å². The lowest BCUT2D eigenvalue weighted by Crippen LogP contribution is -2.46. The van der Waals surface area contributed by atoms with Crippen LogP contribution in [0.1, 0.15) is 25.7 Å². The number of halogens is 1. The summed E-state index contributed by atoms with van der Waals surface area (Å²) in [5, 5.41) is 9.83. The quantitative estimate of drug-likeness (QED) is 0.913. The van der Waals surface area contributed by atoms with E-state index in [4.69, 9.17) is 11.6 Å². The van der Waals surface area contributed by atoms with E-state index in [1.54, 1.807) is 11.1 Å². The summed E-state index contributed by atoms with van der Waals surface area (Å²) in [6.45, 7) is 2.06. The molecule has 2 aliphatic heterocycles. The highest BCUT2D eigenvalue weighted by molar-refractivity contribution is 6.30. The summed E-state index contributed by atoms with van der Waals surface area (Å²) < 4.78 is 0. The molecule has 6 nitrogen and oxygen atoms in total. The molecule has 1 atom stereocenters. The van der Waals surface area contributed by atoms with Gasteiger partial charge in [0.05, 0.1) is 5.02 Å². The Bertz CT molecular complexity index is 585. The minimum absolute atomic E-state index is 0.00128. The number of amides is 1. The minimum atomic E-state index is -0.890. The Morgan fingerprint density at radius 2 is 1.91 bits per heavy atom. The SMILES string of the molecule is O=C(O)C1CCCN1C(=O)C1CCN(c2ccc(Cl)cn2)CC1. The molecule has 23 heavy (non-hydrogen) atoms. The van der Waals surface area contributed by atoms with Crippen molar-refractivity contribution in [2.45, 2.75) is 31.7 Å². The van der Waals surface area contributed by atoms with Crippen molar-refractivity contribution in [3.8, 4) is 0 Å². The van der Waals surface area contributed by atoms with E-state index >= 15 is 0 Å². The van der Waals surface area contributed by atoms with E-state index in [0.29, 0.717) is 18.0 Å². The molecule has 2 aliphatic rings. The third-order valence-corrected chi connectivity index (χ3v) is 4.92. The maximum atomic E-state index is 12.6. The van der Waals surface area contributed by atoms with Crippen LogP contribution < -0.4 is 4.90 Å². The van der Waals surface area contributed by atoms with Crippen LogP contribution in [-0.2, 0) is 9.59 Å². The number of aliphatic carboxylic acids is 1. The minimum Gasteiger partial charge on any atom is -0.480 e. The van der Waals surface area contributed by atoms with Crippen molar-refractivity contribution in [2.24, 2.45) is 5.92 Å². The number of hydrogen-bond donors (Lipinski definition) is 1. The van der Waals surface area contributed by atoms with Crippen LogP contribution in [0.3, 0.4) is 0 Å². The Hall–Kier alpha value is -1.82. The lowest BCUT2D eigenvalue weighted by atomic mass is 9.95. The van der Waals surface area contributed by atoms with Gasteiger partial charge >= 0.3 is 5.97 Å². The summed E-state index contributed by atoms with van der Waals surface area (Å²) in [6.07, 6.45) is 4.42. The Balaban J connectivity index is 1.59. The van der Waals surface area contributed by atoms with E-state index in [0.717, 1.165) is 38.2 Å². The molecule has 0 radical (unpaired) electrons. The zero-order valence-electron chi connectivity index (χ0n) is 12.8. The maximum absolute atomic E-state index is 12.6. The van der Waals surface area contributed by atoms with Crippen molar-refractivity contribution in [3.05, 3.63) is 23.4 Å². The molecule has 1 aromatic heterocycles. The number of nitrogens with zero attached hydrogens (tertiary/aromatic N) is 3. The first-order chi connectivity index (χ1) is 11.1. The highest BCUT2D eigenvalue weighted by atomic mass is 35.5. The topological polar surface area (TPSA) is 73.7 Å². The lowest BCUT2D eigenvalue weighted by molar-refractivity contribution is -0.150. The summed E-state index contributed by atoms with van der Waals surface area (Å²) >= 11 is 5.85. The number of pyridine rings is 1. The first-order valence-corrected chi connectivity index (χ1v) is 8.34. The van der Waals surface area contributed by atoms with Gasteiger partial charge in [-0.25, -0.2) is 9.78 Å². The zero-order chi connectivity index (χ0) is 16.4. The molecule has 1 amide bonds. The average molecular weight is 338 g/mol. The van der Waals surface area contributed by atoms with E-state index in [1.165, 1.54) is 0 Å². The summed E-state index contributed by atoms with van der Waals surface area (Å²) in [6, 6.07) is 3.05. The van der Waals surface area contributed by atoms with Gasteiger partial charge in [-0.2, -0.15) is 0 Å². The molecule has 2 saturated heterocycles. The highest BCUT2D eigenvalue weighted by Gasteiger charge is 2.38. The Morgan fingerprint density at radius 1 is 1.17 bits per heavy atom. The number of hydrogen-bond acceptors (Lipinski definition) is 4. The van der Waals surface area contributed by atoms with Crippen LogP contribution in [0.2, 0.25) is 5.02 Å². The molecule has 3 heterocycles. The number of carbonyl (C=O) groups is 2. The zero-order valence-corrected chi connectivity index (χ0v) is 13.6. The van der Waals surface area contributed by atoms with Crippen LogP contribution in [0, 0.1) is 5.92 Å². The Kier molecular flexibility index (Phi) is 4.71. The largest absolute Gasteiger partial charge is 0.480 e. The standard InChI is InChI=1S/C16H20ClN3O3/c17-12-3-4-14(18-10-12)19-8-5-11(6-9-19)15(21)20-7-1-2-13(20)16(22)23/h3-4,10-11,13H,1-2,5-9H2,(H,22,23). The van der Waals surface area contributed by atoms with Gasteiger partial charge in [-0.3, -0.25) is 4.79 Å². The lowest BCUT2D eigenvalue weighted by Gasteiger charge is -2.34. The number of carboxylic acids is 1. The van der Waals surface area contributed by atoms with Crippen LogP contribution in [-0.4, -0.2) is 52.5 Å². The third-order valence-electron chi connectivity index (χ3n) is 4.70. The fourth-order valence-corrected chi connectivity index (χ4v) is 3.54. The molecule has 1 unspecified atom stereocenters. The van der Waals surface area contributed by atoms with Crippen molar-refractivity contribution in [1.82, 2.24) is 9.88 Å². The molecular formula is C16H20ClN3O3. The van der Waals surface area contributed by atoms with Crippen LogP contribution in [0.25, 0.3) is 0 Å². The monoisotopic (exact) mass is 337 g/mol. The second-order valence-electron chi connectivity index (χ2n) is 6.12. The predicted octanol–water partition coefficient (Wildman–Crippen LogP) is 2.03. The van der Waals surface area contributed by atoms with Crippen LogP contribution in [0.15, 0.2) is 18.3 Å². The summed E-state index contributed by atoms with van der Waals surface area (Å²) in [5.74, 6) is -0.111. The smallest absolute Gasteiger partial charge is 0.326 e. The molecule has 0 spiro atoms. The van der Waals surface area contributed by atoms with Crippen molar-refractivity contribution in [3.63, 3.8) is 0 Å². The first kappa shape index (κ1) is 16.1. The van der Waals surface area contributed by atoms with Crippen molar-refractivity contribution >= 4 is 29.3 Å². The van der Waals surface area contributed by atoms with E-state index in [1.807, 2.05) is 12.1 Å². The van der Waals surface area contributed by atoms with Gasteiger partial charge in [0.2, 0.25) is 5.91 Å². The number of anilines is 1. The highest BCUT2D eigenvalue weighted by Crippen LogP contribution is 2.27. The maximum Gasteiger partial charge on any atom is 0.326 e. The Morgan fingerprint density at radius 3 is 2.52 bits per heavy atom. The molecule has 124 valence electrons. The Labute approximate surface area is 140 Å². The van der Waals surface area contributed by atoms with Crippen molar-refractivity contribution < 1.29 is 14.7 Å². The van der Waals surface area contributed by atoms with Gasteiger partial charge in [0.25, 0.3) is 0 Å². The van der Waals surface area contributed by atoms with Gasteiger partial charge in [0.1, 0.15) is 11.9 Å². The van der Waals surface area contributed by atoms with Crippen LogP contribution in [0.4, 0.5) is 5.82 Å². The van der Waals surface area contributed by atoms with Crippen LogP contribution >= 0.6 is 11.6 Å². The number of carbonyl (C=O) groups excluding carboxylic acids is 1. The molecule has 3 rings (SSSR count). The fourth-order valence-electron chi connectivity index (χ4n) is 3.43. The molecular weight excluding hydrogens is 318 g/mol. The summed E-state index contributed by atoms with van der Waals surface area (Å²) in [7, 11) is 0. The predicted molar refractivity (Wildman–Crippen MR) is 86.6 cm³/mol. The second-order valence-corrected chi connectivity index (χ2v) is 6.56. The van der Waals surface area contributed by atoms with Crippen molar-refractivity contribution in [1.29, 1.82) is 0 Å². The van der Waals surface area contributed by atoms with E-state index < -0.39 is 12.0 Å². The van der Waals surface area contributed by atoms with Crippen molar-refractivity contribution in [2.75, 3.05) is 24.5 Å². The van der Waals surface area contributed by atoms with Gasteiger partial charge in [-0.1, -0.05) is 11.6 Å². The molecule has 0 aliphatic carbocycles. The normalized spacial score (nSPS) is 22.4. The number of aromatic nitrogens is 1. The van der Waals surface area contributed by atoms with Gasteiger partial charge < -0.3 is 14.9 Å². The second kappa shape index (κ2) is 6.74. The molecule has 1 aromatic rings. The van der Waals surface area contributed by atoms with Crippen LogP contribution in [0.5, 0.6) is 0 Å². The number of likely N-dealkylation sites (tertiary alicyclic amines) is 1. The molecule has 2 fully saturated rings. The molecule has 0 aromatic carbocycles. The first-order valence-electron chi connectivity index (χ1n) is 7.96. The van der Waals surface area contributed by atoms with Gasteiger partial charge in [-0.05, 0) is 37.8 Å². The van der Waals surface area contributed by atoms with E-state index in [-0.39, 0.29) is 11.8 Å². The van der Waals surface area contributed by atoms with Gasteiger partial charge in [0.15, 0.2) is 0 Å². The number of piperidine rings is 1.